The summed E-state index contributed by atoms with van der Waals surface area (Å²) in [6, 6.07) is 11.1. The van der Waals surface area contributed by atoms with Crippen molar-refractivity contribution < 1.29 is 14.0 Å². The summed E-state index contributed by atoms with van der Waals surface area (Å²) in [6.45, 7) is 0.508. The first-order valence-corrected chi connectivity index (χ1v) is 8.70. The maximum Gasteiger partial charge on any atom is 0.257 e. The summed E-state index contributed by atoms with van der Waals surface area (Å²) >= 11 is 0. The fraction of sp³-hybridized carbons (Fsp3) is 0.143. The monoisotopic (exact) mass is 378 g/mol. The van der Waals surface area contributed by atoms with E-state index < -0.39 is 11.7 Å². The van der Waals surface area contributed by atoms with Gasteiger partial charge in [0.1, 0.15) is 5.82 Å². The van der Waals surface area contributed by atoms with Crippen LogP contribution in [0.5, 0.6) is 0 Å². The Morgan fingerprint density at radius 2 is 1.75 bits per heavy atom. The van der Waals surface area contributed by atoms with E-state index in [1.165, 1.54) is 36.7 Å². The van der Waals surface area contributed by atoms with Crippen LogP contribution in [0.15, 0.2) is 67.3 Å². The molecule has 1 aromatic carbocycles. The molecule has 2 aromatic heterocycles. The number of halogens is 1. The number of nitrogens with one attached hydrogen (secondary N) is 1. The van der Waals surface area contributed by atoms with Gasteiger partial charge in [-0.1, -0.05) is 12.1 Å². The van der Waals surface area contributed by atoms with Gasteiger partial charge in [-0.2, -0.15) is 0 Å². The molecular weight excluding hydrogens is 359 g/mol. The van der Waals surface area contributed by atoms with Crippen molar-refractivity contribution in [3.8, 4) is 0 Å². The largest absolute Gasteiger partial charge is 0.341 e. The van der Waals surface area contributed by atoms with Gasteiger partial charge in [-0.25, -0.2) is 4.39 Å². The molecular formula is C21H19FN4O2. The minimum Gasteiger partial charge on any atom is -0.341 e. The highest BCUT2D eigenvalue weighted by molar-refractivity contribution is 6.05. The van der Waals surface area contributed by atoms with Crippen LogP contribution in [-0.2, 0) is 6.42 Å². The van der Waals surface area contributed by atoms with Crippen LogP contribution in [0, 0.1) is 5.82 Å². The first-order valence-electron chi connectivity index (χ1n) is 8.70. The number of benzene rings is 1. The summed E-state index contributed by atoms with van der Waals surface area (Å²) in [5.41, 5.74) is 1.61. The number of nitrogens with zero attached hydrogens (tertiary/aromatic N) is 3. The van der Waals surface area contributed by atoms with Gasteiger partial charge in [0.25, 0.3) is 11.8 Å². The zero-order valence-electron chi connectivity index (χ0n) is 15.3. The number of carbonyl (C=O) groups is 2. The molecule has 0 atom stereocenters. The topological polar surface area (TPSA) is 75.2 Å². The van der Waals surface area contributed by atoms with Gasteiger partial charge >= 0.3 is 0 Å². The SMILES string of the molecule is CN(CCc1ccncc1)C(=O)c1cncc(C(=O)Nc2ccccc2F)c1. The molecule has 0 fully saturated rings. The third-order valence-corrected chi connectivity index (χ3v) is 4.20. The van der Waals surface area contributed by atoms with E-state index in [-0.39, 0.29) is 17.2 Å². The number of hydrogen-bond donors (Lipinski definition) is 1. The van der Waals surface area contributed by atoms with Crippen LogP contribution in [0.3, 0.4) is 0 Å². The minimum atomic E-state index is -0.535. The first kappa shape index (κ1) is 19.2. The molecule has 0 unspecified atom stereocenters. The molecule has 2 heterocycles. The smallest absolute Gasteiger partial charge is 0.257 e. The Bertz CT molecular complexity index is 979. The predicted octanol–water partition coefficient (Wildman–Crippen LogP) is 3.18. The Hall–Kier alpha value is -3.61. The van der Waals surface area contributed by atoms with Gasteiger partial charge < -0.3 is 10.2 Å². The van der Waals surface area contributed by atoms with Crippen molar-refractivity contribution in [1.82, 2.24) is 14.9 Å². The lowest BCUT2D eigenvalue weighted by atomic mass is 10.1. The van der Waals surface area contributed by atoms with Crippen molar-refractivity contribution in [1.29, 1.82) is 0 Å². The average Bonchev–Trinajstić information content (AvgIpc) is 2.74. The number of carbonyl (C=O) groups excluding carboxylic acids is 2. The van der Waals surface area contributed by atoms with E-state index in [1.54, 1.807) is 30.4 Å². The quantitative estimate of drug-likeness (QED) is 0.715. The van der Waals surface area contributed by atoms with Crippen molar-refractivity contribution in [2.75, 3.05) is 18.9 Å². The first-order chi connectivity index (χ1) is 13.5. The zero-order valence-corrected chi connectivity index (χ0v) is 15.3. The molecule has 2 amide bonds. The molecule has 1 N–H and O–H groups in total. The predicted molar refractivity (Wildman–Crippen MR) is 103 cm³/mol. The molecule has 28 heavy (non-hydrogen) atoms. The van der Waals surface area contributed by atoms with Crippen LogP contribution in [0.25, 0.3) is 0 Å². The fourth-order valence-electron chi connectivity index (χ4n) is 2.61. The number of rotatable bonds is 6. The molecule has 3 rings (SSSR count). The van der Waals surface area contributed by atoms with Crippen LogP contribution < -0.4 is 5.32 Å². The molecule has 0 saturated heterocycles. The van der Waals surface area contributed by atoms with Crippen LogP contribution >= 0.6 is 0 Å². The summed E-state index contributed by atoms with van der Waals surface area (Å²) in [4.78, 5) is 34.5. The Labute approximate surface area is 162 Å². The van der Waals surface area contributed by atoms with Crippen molar-refractivity contribution in [3.05, 3.63) is 89.8 Å². The van der Waals surface area contributed by atoms with Gasteiger partial charge in [-0.3, -0.25) is 19.6 Å². The van der Waals surface area contributed by atoms with Gasteiger partial charge in [0.15, 0.2) is 0 Å². The van der Waals surface area contributed by atoms with E-state index >= 15 is 0 Å². The van der Waals surface area contributed by atoms with E-state index in [2.05, 4.69) is 15.3 Å². The summed E-state index contributed by atoms with van der Waals surface area (Å²) in [5.74, 6) is -1.32. The third kappa shape index (κ3) is 4.76. The van der Waals surface area contributed by atoms with Gasteiger partial charge in [0.05, 0.1) is 16.8 Å². The minimum absolute atomic E-state index is 0.0682. The summed E-state index contributed by atoms with van der Waals surface area (Å²) in [7, 11) is 1.69. The molecule has 0 aliphatic carbocycles. The highest BCUT2D eigenvalue weighted by atomic mass is 19.1. The second-order valence-electron chi connectivity index (χ2n) is 6.23. The van der Waals surface area contributed by atoms with Crippen LogP contribution in [0.1, 0.15) is 26.3 Å². The summed E-state index contributed by atoms with van der Waals surface area (Å²) < 4.78 is 13.7. The van der Waals surface area contributed by atoms with Crippen molar-refractivity contribution in [3.63, 3.8) is 0 Å². The number of hydrogen-bond acceptors (Lipinski definition) is 4. The Balaban J connectivity index is 1.67. The number of likely N-dealkylation sites (N-methyl/N-ethyl adjacent to an activating group) is 1. The fourth-order valence-corrected chi connectivity index (χ4v) is 2.61. The van der Waals surface area contributed by atoms with Crippen molar-refractivity contribution >= 4 is 17.5 Å². The molecule has 0 saturated carbocycles. The number of pyridine rings is 2. The molecule has 0 spiro atoms. The second-order valence-corrected chi connectivity index (χ2v) is 6.23. The van der Waals surface area contributed by atoms with Crippen LogP contribution in [-0.4, -0.2) is 40.3 Å². The second kappa shape index (κ2) is 8.85. The Kier molecular flexibility index (Phi) is 6.06. The van der Waals surface area contributed by atoms with Gasteiger partial charge in [0.2, 0.25) is 0 Å². The average molecular weight is 378 g/mol. The lowest BCUT2D eigenvalue weighted by molar-refractivity contribution is 0.0796. The summed E-state index contributed by atoms with van der Waals surface area (Å²) in [5, 5.41) is 2.48. The van der Waals surface area contributed by atoms with Crippen LogP contribution in [0.4, 0.5) is 10.1 Å². The maximum atomic E-state index is 13.7. The van der Waals surface area contributed by atoms with E-state index in [1.807, 2.05) is 12.1 Å². The molecule has 3 aromatic rings. The molecule has 7 heteroatoms. The number of para-hydroxylation sites is 1. The lowest BCUT2D eigenvalue weighted by Gasteiger charge is -2.17. The summed E-state index contributed by atoms with van der Waals surface area (Å²) in [6.07, 6.45) is 6.85. The number of aromatic nitrogens is 2. The molecule has 0 aliphatic heterocycles. The van der Waals surface area contributed by atoms with Gasteiger partial charge in [0, 0.05) is 38.4 Å². The van der Waals surface area contributed by atoms with E-state index in [0.717, 1.165) is 5.56 Å². The normalized spacial score (nSPS) is 10.4. The van der Waals surface area contributed by atoms with Crippen molar-refractivity contribution in [2.45, 2.75) is 6.42 Å². The van der Waals surface area contributed by atoms with Gasteiger partial charge in [-0.05, 0) is 42.3 Å². The molecule has 0 aliphatic rings. The number of amides is 2. The zero-order chi connectivity index (χ0) is 19.9. The molecule has 142 valence electrons. The highest BCUT2D eigenvalue weighted by Gasteiger charge is 2.16. The molecule has 0 radical (unpaired) electrons. The lowest BCUT2D eigenvalue weighted by Crippen LogP contribution is -2.29. The Morgan fingerprint density at radius 1 is 1.04 bits per heavy atom. The van der Waals surface area contributed by atoms with Crippen LogP contribution in [0.2, 0.25) is 0 Å². The van der Waals surface area contributed by atoms with E-state index in [4.69, 9.17) is 0 Å². The highest BCUT2D eigenvalue weighted by Crippen LogP contribution is 2.14. The maximum absolute atomic E-state index is 13.7. The van der Waals surface area contributed by atoms with Gasteiger partial charge in [-0.15, -0.1) is 0 Å². The third-order valence-electron chi connectivity index (χ3n) is 4.20. The standard InChI is InChI=1S/C21H19FN4O2/c1-26(11-8-15-6-9-23-10-7-15)21(28)17-12-16(13-24-14-17)20(27)25-19-5-3-2-4-18(19)22/h2-7,9-10,12-14H,8,11H2,1H3,(H,25,27). The number of anilines is 1. The molecule has 0 bridgehead atoms. The molecule has 6 nitrogen and oxygen atoms in total. The van der Waals surface area contributed by atoms with E-state index in [0.29, 0.717) is 18.5 Å². The Morgan fingerprint density at radius 3 is 2.50 bits per heavy atom. The van der Waals surface area contributed by atoms with E-state index in [9.17, 15) is 14.0 Å². The van der Waals surface area contributed by atoms with Crippen molar-refractivity contribution in [2.24, 2.45) is 0 Å².